The molecular formula is C18H12N4O5. The highest BCUT2D eigenvalue weighted by Gasteiger charge is 2.53. The second-order valence-electron chi connectivity index (χ2n) is 5.22. The molecule has 0 aliphatic carbocycles. The molecule has 1 unspecified atom stereocenters. The van der Waals surface area contributed by atoms with E-state index in [1.807, 2.05) is 0 Å². The Bertz CT molecular complexity index is 986. The number of benzene rings is 1. The Morgan fingerprint density at radius 2 is 1.70 bits per heavy atom. The average Bonchev–Trinajstić information content (AvgIpc) is 3.01. The number of ketones is 1. The molecule has 0 fully saturated rings. The Labute approximate surface area is 153 Å². The zero-order valence-electron chi connectivity index (χ0n) is 14.2. The molecule has 0 radical (unpaired) electrons. The number of ether oxygens (including phenoxy) is 2. The molecule has 1 aromatic carbocycles. The molecule has 1 heterocycles. The minimum Gasteiger partial charge on any atom is -0.497 e. The Morgan fingerprint density at radius 3 is 2.15 bits per heavy atom. The number of hydrogen-bond acceptors (Lipinski definition) is 9. The molecule has 9 nitrogen and oxygen atoms in total. The van der Waals surface area contributed by atoms with Crippen LogP contribution in [0, 0.1) is 34.0 Å². The molecule has 0 spiro atoms. The van der Waals surface area contributed by atoms with Crippen LogP contribution in [0.3, 0.4) is 0 Å². The highest BCUT2D eigenvalue weighted by molar-refractivity contribution is 6.16. The molecule has 1 aliphatic heterocycles. The summed E-state index contributed by atoms with van der Waals surface area (Å²) in [5, 5.41) is 40.6. The van der Waals surface area contributed by atoms with Crippen molar-refractivity contribution < 1.29 is 24.2 Å². The van der Waals surface area contributed by atoms with Crippen molar-refractivity contribution in [1.82, 2.24) is 5.32 Å². The van der Waals surface area contributed by atoms with Crippen molar-refractivity contribution in [3.05, 3.63) is 52.2 Å². The number of allylic oxidation sites excluding steroid dienone is 2. The van der Waals surface area contributed by atoms with Gasteiger partial charge in [0.25, 0.3) is 5.72 Å². The van der Waals surface area contributed by atoms with Gasteiger partial charge >= 0.3 is 5.97 Å². The van der Waals surface area contributed by atoms with Crippen molar-refractivity contribution in [2.75, 3.05) is 14.2 Å². The SMILES string of the molecule is COC(=O)C1(O)NC(=C(C#N)C#N)C(C#N)=C1C(=O)c1ccc(OC)cc1. The minimum absolute atomic E-state index is 0.0411. The molecule has 1 aromatic rings. The van der Waals surface area contributed by atoms with Crippen molar-refractivity contribution in [1.29, 1.82) is 15.8 Å². The van der Waals surface area contributed by atoms with Gasteiger partial charge in [-0.05, 0) is 24.3 Å². The van der Waals surface area contributed by atoms with Crippen LogP contribution in [0.1, 0.15) is 10.4 Å². The highest BCUT2D eigenvalue weighted by atomic mass is 16.5. The van der Waals surface area contributed by atoms with Crippen LogP contribution < -0.4 is 10.1 Å². The maximum Gasteiger partial charge on any atom is 0.364 e. The van der Waals surface area contributed by atoms with Gasteiger partial charge in [-0.25, -0.2) is 4.79 Å². The molecule has 0 saturated heterocycles. The normalized spacial score (nSPS) is 17.9. The van der Waals surface area contributed by atoms with Crippen LogP contribution in [-0.2, 0) is 9.53 Å². The van der Waals surface area contributed by atoms with Gasteiger partial charge in [-0.3, -0.25) is 4.79 Å². The number of nitrogens with one attached hydrogen (secondary N) is 1. The number of nitrogens with zero attached hydrogens (tertiary/aromatic N) is 3. The van der Waals surface area contributed by atoms with Crippen LogP contribution in [0.2, 0.25) is 0 Å². The first-order valence-corrected chi connectivity index (χ1v) is 7.35. The van der Waals surface area contributed by atoms with Crippen molar-refractivity contribution in [3.63, 3.8) is 0 Å². The summed E-state index contributed by atoms with van der Waals surface area (Å²) >= 11 is 0. The van der Waals surface area contributed by atoms with Gasteiger partial charge in [-0.2, -0.15) is 15.8 Å². The number of rotatable bonds is 4. The molecule has 0 bridgehead atoms. The molecule has 0 aromatic heterocycles. The number of hydrogen-bond donors (Lipinski definition) is 2. The van der Waals surface area contributed by atoms with Gasteiger partial charge in [-0.15, -0.1) is 0 Å². The minimum atomic E-state index is -2.73. The second-order valence-corrected chi connectivity index (χ2v) is 5.22. The van der Waals surface area contributed by atoms with Crippen LogP contribution in [0.4, 0.5) is 0 Å². The topological polar surface area (TPSA) is 156 Å². The summed E-state index contributed by atoms with van der Waals surface area (Å²) < 4.78 is 9.52. The lowest BCUT2D eigenvalue weighted by Crippen LogP contribution is -2.52. The number of nitriles is 3. The summed E-state index contributed by atoms with van der Waals surface area (Å²) in [7, 11) is 2.41. The molecular weight excluding hydrogens is 352 g/mol. The fourth-order valence-corrected chi connectivity index (χ4v) is 2.51. The van der Waals surface area contributed by atoms with E-state index in [2.05, 4.69) is 10.1 Å². The largest absolute Gasteiger partial charge is 0.497 e. The molecule has 1 aliphatic rings. The van der Waals surface area contributed by atoms with E-state index >= 15 is 0 Å². The third kappa shape index (κ3) is 3.09. The van der Waals surface area contributed by atoms with Gasteiger partial charge in [0.15, 0.2) is 11.4 Å². The Morgan fingerprint density at radius 1 is 1.11 bits per heavy atom. The number of carbonyl (C=O) groups excluding carboxylic acids is 2. The van der Waals surface area contributed by atoms with Crippen molar-refractivity contribution in [2.45, 2.75) is 5.72 Å². The van der Waals surface area contributed by atoms with Crippen LogP contribution in [0.15, 0.2) is 46.7 Å². The monoisotopic (exact) mass is 364 g/mol. The van der Waals surface area contributed by atoms with Crippen LogP contribution in [-0.4, -0.2) is 36.8 Å². The standard InChI is InChI=1S/C18H12N4O5/c1-26-12-5-3-10(4-6-12)16(23)14-13(9-21)15(11(7-19)8-20)22-18(14,25)17(24)27-2/h3-6,22,25H,1-2H3. The van der Waals surface area contributed by atoms with Crippen molar-refractivity contribution in [2.24, 2.45) is 0 Å². The first-order valence-electron chi connectivity index (χ1n) is 7.35. The predicted octanol–water partition coefficient (Wildman–Crippen LogP) is 0.464. The van der Waals surface area contributed by atoms with E-state index in [0.29, 0.717) is 5.75 Å². The maximum atomic E-state index is 13.0. The number of Topliss-reactive ketones (excluding diaryl/α,β-unsaturated/α-hetero) is 1. The third-order valence-electron chi connectivity index (χ3n) is 3.81. The molecule has 1 atom stereocenters. The van der Waals surface area contributed by atoms with Gasteiger partial charge in [0, 0.05) is 5.56 Å². The lowest BCUT2D eigenvalue weighted by Gasteiger charge is -2.23. The molecule has 27 heavy (non-hydrogen) atoms. The number of esters is 1. The summed E-state index contributed by atoms with van der Waals surface area (Å²) in [6.07, 6.45) is 0. The van der Waals surface area contributed by atoms with Crippen LogP contribution >= 0.6 is 0 Å². The van der Waals surface area contributed by atoms with E-state index in [4.69, 9.17) is 15.3 Å². The highest BCUT2D eigenvalue weighted by Crippen LogP contribution is 2.35. The van der Waals surface area contributed by atoms with E-state index in [9.17, 15) is 20.0 Å². The maximum absolute atomic E-state index is 13.0. The van der Waals surface area contributed by atoms with Crippen molar-refractivity contribution >= 4 is 11.8 Å². The summed E-state index contributed by atoms with van der Waals surface area (Å²) in [4.78, 5) is 25.1. The van der Waals surface area contributed by atoms with Gasteiger partial charge < -0.3 is 19.9 Å². The fourth-order valence-electron chi connectivity index (χ4n) is 2.51. The van der Waals surface area contributed by atoms with E-state index < -0.39 is 39.9 Å². The van der Waals surface area contributed by atoms with Crippen molar-refractivity contribution in [3.8, 4) is 24.0 Å². The first kappa shape index (κ1) is 19.2. The summed E-state index contributed by atoms with van der Waals surface area (Å²) in [6, 6.07) is 10.5. The van der Waals surface area contributed by atoms with E-state index in [1.165, 1.54) is 31.4 Å². The fraction of sp³-hybridized carbons (Fsp3) is 0.167. The number of methoxy groups -OCH3 is 2. The smallest absolute Gasteiger partial charge is 0.364 e. The summed E-state index contributed by atoms with van der Waals surface area (Å²) in [5.41, 5.74) is -4.83. The van der Waals surface area contributed by atoms with E-state index in [1.54, 1.807) is 18.2 Å². The molecule has 9 heteroatoms. The predicted molar refractivity (Wildman–Crippen MR) is 88.3 cm³/mol. The lowest BCUT2D eigenvalue weighted by molar-refractivity contribution is -0.159. The summed E-state index contributed by atoms with van der Waals surface area (Å²) in [5.74, 6) is -1.68. The summed E-state index contributed by atoms with van der Waals surface area (Å²) in [6.45, 7) is 0. The first-order chi connectivity index (χ1) is 12.9. The third-order valence-corrected chi connectivity index (χ3v) is 3.81. The van der Waals surface area contributed by atoms with Gasteiger partial charge in [0.1, 0.15) is 24.0 Å². The molecule has 2 N–H and O–H groups in total. The number of carbonyl (C=O) groups is 2. The average molecular weight is 364 g/mol. The quantitative estimate of drug-likeness (QED) is 0.440. The van der Waals surface area contributed by atoms with Crippen LogP contribution in [0.5, 0.6) is 5.75 Å². The zero-order chi connectivity index (χ0) is 20.2. The Kier molecular flexibility index (Phi) is 5.26. The molecule has 0 saturated carbocycles. The second kappa shape index (κ2) is 7.40. The molecule has 0 amide bonds. The zero-order valence-corrected chi connectivity index (χ0v) is 14.2. The van der Waals surface area contributed by atoms with Crippen LogP contribution in [0.25, 0.3) is 0 Å². The van der Waals surface area contributed by atoms with Gasteiger partial charge in [-0.1, -0.05) is 0 Å². The van der Waals surface area contributed by atoms with Gasteiger partial charge in [0.05, 0.1) is 31.1 Å². The molecule has 2 rings (SSSR count). The molecule has 134 valence electrons. The van der Waals surface area contributed by atoms with E-state index in [-0.39, 0.29) is 5.56 Å². The lowest BCUT2D eigenvalue weighted by atomic mass is 9.92. The Balaban J connectivity index is 2.76. The Hall–Kier alpha value is -4.13. The number of aliphatic hydroxyl groups is 1. The van der Waals surface area contributed by atoms with Gasteiger partial charge in [0.2, 0.25) is 0 Å². The van der Waals surface area contributed by atoms with E-state index in [0.717, 1.165) is 7.11 Å².